The lowest BCUT2D eigenvalue weighted by Crippen LogP contribution is -2.15. The molecule has 0 spiro atoms. The number of hydrogen-bond donors (Lipinski definition) is 1. The maximum Gasteiger partial charge on any atom is 0.335 e. The summed E-state index contributed by atoms with van der Waals surface area (Å²) in [5, 5.41) is 8.83. The summed E-state index contributed by atoms with van der Waals surface area (Å²) in [5.74, 6) is -0.769. The van der Waals surface area contributed by atoms with Crippen LogP contribution in [0.15, 0.2) is 22.7 Å². The van der Waals surface area contributed by atoms with Gasteiger partial charge in [-0.1, -0.05) is 6.92 Å². The number of hydrogen-bond acceptors (Lipinski definition) is 4. The second kappa shape index (κ2) is 6.19. The quantitative estimate of drug-likeness (QED) is 0.858. The van der Waals surface area contributed by atoms with Crippen LogP contribution in [0.2, 0.25) is 0 Å². The Labute approximate surface area is 114 Å². The first-order chi connectivity index (χ1) is 8.35. The fourth-order valence-electron chi connectivity index (χ4n) is 1.17. The van der Waals surface area contributed by atoms with Crippen molar-refractivity contribution < 1.29 is 23.1 Å². The summed E-state index contributed by atoms with van der Waals surface area (Å²) in [6.45, 7) is 1.56. The molecule has 0 aliphatic rings. The minimum Gasteiger partial charge on any atom is -0.491 e. The van der Waals surface area contributed by atoms with Crippen molar-refractivity contribution in [2.75, 3.05) is 18.1 Å². The lowest BCUT2D eigenvalue weighted by molar-refractivity contribution is 0.0696. The van der Waals surface area contributed by atoms with Crippen LogP contribution in [-0.4, -0.2) is 37.6 Å². The predicted molar refractivity (Wildman–Crippen MR) is 70.9 cm³/mol. The molecule has 0 unspecified atom stereocenters. The van der Waals surface area contributed by atoms with Crippen LogP contribution < -0.4 is 4.74 Å². The zero-order valence-electron chi connectivity index (χ0n) is 9.72. The molecule has 7 heteroatoms. The smallest absolute Gasteiger partial charge is 0.335 e. The van der Waals surface area contributed by atoms with Gasteiger partial charge in [-0.15, -0.1) is 0 Å². The molecule has 0 aliphatic carbocycles. The van der Waals surface area contributed by atoms with E-state index in [1.807, 2.05) is 0 Å². The Morgan fingerprint density at radius 1 is 1.44 bits per heavy atom. The molecule has 18 heavy (non-hydrogen) atoms. The van der Waals surface area contributed by atoms with Crippen LogP contribution in [0.5, 0.6) is 5.75 Å². The first kappa shape index (κ1) is 15.0. The molecule has 1 aromatic carbocycles. The minimum absolute atomic E-state index is 0.00214. The third kappa shape index (κ3) is 4.30. The van der Waals surface area contributed by atoms with E-state index in [-0.39, 0.29) is 23.7 Å². The summed E-state index contributed by atoms with van der Waals surface area (Å²) in [5.41, 5.74) is 0.0894. The first-order valence-corrected chi connectivity index (χ1v) is 7.83. The molecule has 0 aliphatic heterocycles. The van der Waals surface area contributed by atoms with E-state index >= 15 is 0 Å². The van der Waals surface area contributed by atoms with Gasteiger partial charge in [0.25, 0.3) is 0 Å². The number of carboxylic acid groups (broad SMARTS) is 1. The number of carboxylic acids is 1. The normalized spacial score (nSPS) is 11.2. The molecular formula is C11H13BrO5S. The van der Waals surface area contributed by atoms with Gasteiger partial charge in [-0.3, -0.25) is 0 Å². The number of aromatic carboxylic acids is 1. The highest BCUT2D eigenvalue weighted by Crippen LogP contribution is 2.26. The van der Waals surface area contributed by atoms with Gasteiger partial charge >= 0.3 is 5.97 Å². The molecule has 1 aromatic rings. The number of rotatable bonds is 6. The van der Waals surface area contributed by atoms with Gasteiger partial charge in [0.15, 0.2) is 9.84 Å². The van der Waals surface area contributed by atoms with E-state index in [2.05, 4.69) is 15.9 Å². The van der Waals surface area contributed by atoms with Crippen molar-refractivity contribution in [2.24, 2.45) is 0 Å². The molecule has 5 nitrogen and oxygen atoms in total. The monoisotopic (exact) mass is 336 g/mol. The molecule has 0 saturated carbocycles. The SMILES string of the molecule is CCS(=O)(=O)CCOc1cc(C(=O)O)ccc1Br. The molecule has 0 bridgehead atoms. The zero-order valence-corrected chi connectivity index (χ0v) is 12.1. The lowest BCUT2D eigenvalue weighted by atomic mass is 10.2. The summed E-state index contributed by atoms with van der Waals surface area (Å²) < 4.78 is 28.4. The molecule has 1 rings (SSSR count). The van der Waals surface area contributed by atoms with E-state index in [1.165, 1.54) is 12.1 Å². The van der Waals surface area contributed by atoms with Crippen molar-refractivity contribution in [3.8, 4) is 5.75 Å². The molecule has 1 N–H and O–H groups in total. The molecule has 0 radical (unpaired) electrons. The Morgan fingerprint density at radius 2 is 2.11 bits per heavy atom. The fourth-order valence-corrected chi connectivity index (χ4v) is 2.16. The third-order valence-electron chi connectivity index (χ3n) is 2.27. The van der Waals surface area contributed by atoms with Crippen molar-refractivity contribution in [2.45, 2.75) is 6.92 Å². The van der Waals surface area contributed by atoms with Gasteiger partial charge in [0, 0.05) is 5.75 Å². The number of benzene rings is 1. The van der Waals surface area contributed by atoms with E-state index in [4.69, 9.17) is 9.84 Å². The van der Waals surface area contributed by atoms with Crippen LogP contribution in [0.1, 0.15) is 17.3 Å². The largest absolute Gasteiger partial charge is 0.491 e. The van der Waals surface area contributed by atoms with Crippen molar-refractivity contribution in [3.63, 3.8) is 0 Å². The van der Waals surface area contributed by atoms with Crippen molar-refractivity contribution in [1.82, 2.24) is 0 Å². The Kier molecular flexibility index (Phi) is 5.15. The highest BCUT2D eigenvalue weighted by atomic mass is 79.9. The van der Waals surface area contributed by atoms with Crippen LogP contribution in [0.4, 0.5) is 0 Å². The molecule has 0 aromatic heterocycles. The van der Waals surface area contributed by atoms with E-state index < -0.39 is 15.8 Å². The summed E-state index contributed by atoms with van der Waals surface area (Å²) in [6, 6.07) is 4.33. The number of ether oxygens (including phenoxy) is 1. The first-order valence-electron chi connectivity index (χ1n) is 5.22. The van der Waals surface area contributed by atoms with Crippen LogP contribution in [0, 0.1) is 0 Å². The second-order valence-electron chi connectivity index (χ2n) is 3.54. The van der Waals surface area contributed by atoms with E-state index in [0.717, 1.165) is 0 Å². The predicted octanol–water partition coefficient (Wildman–Crippen LogP) is 1.96. The summed E-state index contributed by atoms with van der Waals surface area (Å²) in [7, 11) is -3.09. The van der Waals surface area contributed by atoms with E-state index in [9.17, 15) is 13.2 Å². The van der Waals surface area contributed by atoms with Crippen molar-refractivity contribution >= 4 is 31.7 Å². The maximum atomic E-state index is 11.3. The summed E-state index contributed by atoms with van der Waals surface area (Å²) in [6.07, 6.45) is 0. The van der Waals surface area contributed by atoms with Crippen molar-refractivity contribution in [3.05, 3.63) is 28.2 Å². The Balaban J connectivity index is 2.73. The van der Waals surface area contributed by atoms with Gasteiger partial charge in [0.05, 0.1) is 15.8 Å². The lowest BCUT2D eigenvalue weighted by Gasteiger charge is -2.08. The van der Waals surface area contributed by atoms with Gasteiger partial charge in [-0.2, -0.15) is 0 Å². The van der Waals surface area contributed by atoms with Crippen LogP contribution >= 0.6 is 15.9 Å². The highest BCUT2D eigenvalue weighted by Gasteiger charge is 2.10. The zero-order chi connectivity index (χ0) is 13.8. The molecule has 0 heterocycles. The van der Waals surface area contributed by atoms with E-state index in [0.29, 0.717) is 10.2 Å². The third-order valence-corrected chi connectivity index (χ3v) is 4.59. The fraction of sp³-hybridized carbons (Fsp3) is 0.364. The van der Waals surface area contributed by atoms with Crippen LogP contribution in [0.3, 0.4) is 0 Å². The Bertz CT molecular complexity index is 538. The molecular weight excluding hydrogens is 324 g/mol. The van der Waals surface area contributed by atoms with Gasteiger partial charge in [-0.05, 0) is 34.1 Å². The Hall–Kier alpha value is -1.08. The van der Waals surface area contributed by atoms with Crippen LogP contribution in [0.25, 0.3) is 0 Å². The summed E-state index contributed by atoms with van der Waals surface area (Å²) >= 11 is 3.21. The van der Waals surface area contributed by atoms with Gasteiger partial charge in [-0.25, -0.2) is 13.2 Å². The van der Waals surface area contributed by atoms with Gasteiger partial charge in [0.2, 0.25) is 0 Å². The average Bonchev–Trinajstić information content (AvgIpc) is 2.31. The van der Waals surface area contributed by atoms with E-state index in [1.54, 1.807) is 13.0 Å². The average molecular weight is 337 g/mol. The standard InChI is InChI=1S/C11H13BrO5S/c1-2-18(15,16)6-5-17-10-7-8(11(13)14)3-4-9(10)12/h3-4,7H,2,5-6H2,1H3,(H,13,14). The molecule has 0 fully saturated rings. The topological polar surface area (TPSA) is 80.7 Å². The highest BCUT2D eigenvalue weighted by molar-refractivity contribution is 9.10. The van der Waals surface area contributed by atoms with Crippen molar-refractivity contribution in [1.29, 1.82) is 0 Å². The number of halogens is 1. The number of sulfone groups is 1. The van der Waals surface area contributed by atoms with Gasteiger partial charge in [0.1, 0.15) is 12.4 Å². The summed E-state index contributed by atoms with van der Waals surface area (Å²) in [4.78, 5) is 10.8. The second-order valence-corrected chi connectivity index (χ2v) is 6.86. The molecule has 100 valence electrons. The molecule has 0 saturated heterocycles. The minimum atomic E-state index is -3.09. The van der Waals surface area contributed by atoms with Crippen LogP contribution in [-0.2, 0) is 9.84 Å². The molecule has 0 amide bonds. The number of carbonyl (C=O) groups is 1. The molecule has 0 atom stereocenters. The Morgan fingerprint density at radius 3 is 2.67 bits per heavy atom. The van der Waals surface area contributed by atoms with Gasteiger partial charge < -0.3 is 9.84 Å². The maximum absolute atomic E-state index is 11.3.